The number of hydrogen-bond acceptors (Lipinski definition) is 3. The van der Waals surface area contributed by atoms with Crippen LogP contribution in [0.3, 0.4) is 0 Å². The number of carboxylic acid groups (broad SMARTS) is 1. The Morgan fingerprint density at radius 2 is 2.04 bits per heavy atom. The molecular formula is C17H17ClFNO2S. The lowest BCUT2D eigenvalue weighted by atomic mass is 9.94. The van der Waals surface area contributed by atoms with Gasteiger partial charge in [0.25, 0.3) is 0 Å². The number of benzene rings is 1. The SMILES string of the molecule is O=C(O)C1CCN(C(c2cccc(F)c2)c2ccc(Cl)s2)CC1. The lowest BCUT2D eigenvalue weighted by molar-refractivity contribution is -0.143. The van der Waals surface area contributed by atoms with E-state index in [0.29, 0.717) is 30.3 Å². The number of rotatable bonds is 4. The fourth-order valence-electron chi connectivity index (χ4n) is 3.11. The normalized spacial score (nSPS) is 18.0. The fraction of sp³-hybridized carbons (Fsp3) is 0.353. The molecule has 1 saturated heterocycles. The summed E-state index contributed by atoms with van der Waals surface area (Å²) in [5.74, 6) is -1.28. The van der Waals surface area contributed by atoms with Gasteiger partial charge in [0.15, 0.2) is 0 Å². The van der Waals surface area contributed by atoms with Gasteiger partial charge in [-0.2, -0.15) is 0 Å². The van der Waals surface area contributed by atoms with Crippen LogP contribution in [0.1, 0.15) is 29.3 Å². The van der Waals surface area contributed by atoms with Crippen molar-refractivity contribution >= 4 is 28.9 Å². The molecule has 3 nitrogen and oxygen atoms in total. The van der Waals surface area contributed by atoms with Crippen molar-refractivity contribution < 1.29 is 14.3 Å². The molecule has 0 amide bonds. The molecule has 0 bridgehead atoms. The lowest BCUT2D eigenvalue weighted by Crippen LogP contribution is -2.39. The van der Waals surface area contributed by atoms with Gasteiger partial charge in [0.05, 0.1) is 16.3 Å². The minimum absolute atomic E-state index is 0.0852. The zero-order valence-electron chi connectivity index (χ0n) is 12.4. The molecule has 1 aliphatic rings. The van der Waals surface area contributed by atoms with Crippen LogP contribution < -0.4 is 0 Å². The zero-order chi connectivity index (χ0) is 16.4. The van der Waals surface area contributed by atoms with E-state index in [1.807, 2.05) is 18.2 Å². The van der Waals surface area contributed by atoms with E-state index < -0.39 is 5.97 Å². The van der Waals surface area contributed by atoms with Crippen LogP contribution in [0.5, 0.6) is 0 Å². The van der Waals surface area contributed by atoms with Crippen LogP contribution in [0.4, 0.5) is 4.39 Å². The van der Waals surface area contributed by atoms with Crippen LogP contribution in [0, 0.1) is 11.7 Å². The predicted octanol–water partition coefficient (Wildman–Crippen LogP) is 4.43. The van der Waals surface area contributed by atoms with Crippen LogP contribution in [0.2, 0.25) is 4.34 Å². The summed E-state index contributed by atoms with van der Waals surface area (Å²) in [6, 6.07) is 10.3. The molecule has 2 aromatic rings. The number of nitrogens with zero attached hydrogens (tertiary/aromatic N) is 1. The summed E-state index contributed by atoms with van der Waals surface area (Å²) in [6.45, 7) is 1.35. The molecule has 122 valence electrons. The standard InChI is InChI=1S/C17H17ClFNO2S/c18-15-5-4-14(23-15)16(12-2-1-3-13(19)10-12)20-8-6-11(7-9-20)17(21)22/h1-5,10-11,16H,6-9H2,(H,21,22). The molecule has 3 rings (SSSR count). The van der Waals surface area contributed by atoms with Gasteiger partial charge in [0.2, 0.25) is 0 Å². The first kappa shape index (κ1) is 16.4. The third-order valence-electron chi connectivity index (χ3n) is 4.27. The minimum Gasteiger partial charge on any atom is -0.481 e. The van der Waals surface area contributed by atoms with E-state index in [1.54, 1.807) is 12.1 Å². The smallest absolute Gasteiger partial charge is 0.306 e. The van der Waals surface area contributed by atoms with E-state index in [9.17, 15) is 9.18 Å². The molecule has 1 atom stereocenters. The molecule has 1 N–H and O–H groups in total. The Hall–Kier alpha value is -1.43. The van der Waals surface area contributed by atoms with E-state index in [4.69, 9.17) is 16.7 Å². The van der Waals surface area contributed by atoms with Crippen LogP contribution in [0.25, 0.3) is 0 Å². The van der Waals surface area contributed by atoms with Crippen LogP contribution in [-0.2, 0) is 4.79 Å². The number of carbonyl (C=O) groups is 1. The van der Waals surface area contributed by atoms with Crippen molar-refractivity contribution in [2.75, 3.05) is 13.1 Å². The third kappa shape index (κ3) is 3.74. The summed E-state index contributed by atoms with van der Waals surface area (Å²) in [5, 5.41) is 9.15. The number of piperidine rings is 1. The van der Waals surface area contributed by atoms with Crippen molar-refractivity contribution in [1.82, 2.24) is 4.90 Å². The second-order valence-corrected chi connectivity index (χ2v) is 7.49. The summed E-state index contributed by atoms with van der Waals surface area (Å²) in [5.41, 5.74) is 0.872. The number of thiophene rings is 1. The summed E-state index contributed by atoms with van der Waals surface area (Å²) in [4.78, 5) is 14.4. The van der Waals surface area contributed by atoms with Gasteiger partial charge in [0, 0.05) is 4.88 Å². The Bertz CT molecular complexity index is 697. The number of carboxylic acids is 1. The van der Waals surface area contributed by atoms with Gasteiger partial charge in [0.1, 0.15) is 5.82 Å². The number of likely N-dealkylation sites (tertiary alicyclic amines) is 1. The maximum Gasteiger partial charge on any atom is 0.306 e. The highest BCUT2D eigenvalue weighted by Crippen LogP contribution is 2.37. The molecule has 0 saturated carbocycles. The topological polar surface area (TPSA) is 40.5 Å². The Balaban J connectivity index is 1.89. The highest BCUT2D eigenvalue weighted by molar-refractivity contribution is 7.16. The van der Waals surface area contributed by atoms with Crippen molar-refractivity contribution in [3.8, 4) is 0 Å². The third-order valence-corrected chi connectivity index (χ3v) is 5.56. The van der Waals surface area contributed by atoms with Crippen molar-refractivity contribution in [2.24, 2.45) is 5.92 Å². The largest absolute Gasteiger partial charge is 0.481 e. The summed E-state index contributed by atoms with van der Waals surface area (Å²) < 4.78 is 14.4. The Kier molecular flexibility index (Phi) is 4.99. The van der Waals surface area contributed by atoms with Crippen LogP contribution in [-0.4, -0.2) is 29.1 Å². The molecule has 1 aromatic carbocycles. The van der Waals surface area contributed by atoms with E-state index in [2.05, 4.69) is 4.90 Å². The molecule has 1 aromatic heterocycles. The first-order valence-corrected chi connectivity index (χ1v) is 8.71. The highest BCUT2D eigenvalue weighted by Gasteiger charge is 2.31. The van der Waals surface area contributed by atoms with Crippen molar-refractivity contribution in [1.29, 1.82) is 0 Å². The highest BCUT2D eigenvalue weighted by atomic mass is 35.5. The molecule has 1 fully saturated rings. The summed E-state index contributed by atoms with van der Waals surface area (Å²) >= 11 is 7.56. The molecule has 0 radical (unpaired) electrons. The monoisotopic (exact) mass is 353 g/mol. The summed E-state index contributed by atoms with van der Waals surface area (Å²) in [6.07, 6.45) is 1.22. The molecule has 1 unspecified atom stereocenters. The maximum absolute atomic E-state index is 13.7. The first-order valence-electron chi connectivity index (χ1n) is 7.52. The molecule has 0 aliphatic carbocycles. The minimum atomic E-state index is -0.730. The average molecular weight is 354 g/mol. The van der Waals surface area contributed by atoms with E-state index in [-0.39, 0.29) is 17.8 Å². The molecule has 2 heterocycles. The number of halogens is 2. The predicted molar refractivity (Wildman–Crippen MR) is 89.5 cm³/mol. The summed E-state index contributed by atoms with van der Waals surface area (Å²) in [7, 11) is 0. The van der Waals surface area contributed by atoms with Gasteiger partial charge >= 0.3 is 5.97 Å². The van der Waals surface area contributed by atoms with E-state index in [0.717, 1.165) is 10.4 Å². The first-order chi connectivity index (χ1) is 11.0. The van der Waals surface area contributed by atoms with Gasteiger partial charge in [-0.25, -0.2) is 4.39 Å². The number of hydrogen-bond donors (Lipinski definition) is 1. The Labute approximate surface area is 143 Å². The van der Waals surface area contributed by atoms with E-state index in [1.165, 1.54) is 17.4 Å². The van der Waals surface area contributed by atoms with E-state index >= 15 is 0 Å². The lowest BCUT2D eigenvalue weighted by Gasteiger charge is -2.36. The Morgan fingerprint density at radius 3 is 2.61 bits per heavy atom. The molecule has 6 heteroatoms. The Morgan fingerprint density at radius 1 is 1.30 bits per heavy atom. The second kappa shape index (κ2) is 6.99. The van der Waals surface area contributed by atoms with Crippen LogP contribution >= 0.6 is 22.9 Å². The van der Waals surface area contributed by atoms with Crippen molar-refractivity contribution in [3.63, 3.8) is 0 Å². The molecular weight excluding hydrogens is 337 g/mol. The molecule has 1 aliphatic heterocycles. The van der Waals surface area contributed by atoms with Gasteiger partial charge in [-0.1, -0.05) is 23.7 Å². The van der Waals surface area contributed by atoms with Crippen LogP contribution in [0.15, 0.2) is 36.4 Å². The quantitative estimate of drug-likeness (QED) is 0.884. The molecule has 23 heavy (non-hydrogen) atoms. The average Bonchev–Trinajstić information content (AvgIpc) is 2.94. The fourth-order valence-corrected chi connectivity index (χ4v) is 4.34. The zero-order valence-corrected chi connectivity index (χ0v) is 14.0. The van der Waals surface area contributed by atoms with Gasteiger partial charge < -0.3 is 5.11 Å². The van der Waals surface area contributed by atoms with Gasteiger partial charge in [-0.05, 0) is 55.8 Å². The van der Waals surface area contributed by atoms with Gasteiger partial charge in [-0.15, -0.1) is 11.3 Å². The second-order valence-electron chi connectivity index (χ2n) is 5.75. The maximum atomic E-state index is 13.7. The van der Waals surface area contributed by atoms with Crippen molar-refractivity contribution in [2.45, 2.75) is 18.9 Å². The van der Waals surface area contributed by atoms with Crippen molar-refractivity contribution in [3.05, 3.63) is 57.0 Å². The number of aliphatic carboxylic acids is 1. The van der Waals surface area contributed by atoms with Gasteiger partial charge in [-0.3, -0.25) is 9.69 Å². The molecule has 0 spiro atoms.